The number of rotatable bonds is 4. The first-order valence-corrected chi connectivity index (χ1v) is 8.77. The quantitative estimate of drug-likeness (QED) is 0.693. The number of ketones is 1. The molecular formula is C19H22OS. The van der Waals surface area contributed by atoms with Crippen molar-refractivity contribution in [3.05, 3.63) is 56.8 Å². The Morgan fingerprint density at radius 1 is 1.19 bits per heavy atom. The Hall–Kier alpha value is -1.41. The fraction of sp³-hybridized carbons (Fsp3) is 0.421. The predicted octanol–water partition coefficient (Wildman–Crippen LogP) is 5.37. The highest BCUT2D eigenvalue weighted by Gasteiger charge is 2.18. The van der Waals surface area contributed by atoms with Crippen molar-refractivity contribution in [1.82, 2.24) is 0 Å². The minimum absolute atomic E-state index is 0.185. The maximum absolute atomic E-state index is 12.6. The van der Waals surface area contributed by atoms with E-state index in [1.807, 2.05) is 12.1 Å². The molecule has 21 heavy (non-hydrogen) atoms. The molecule has 1 aromatic carbocycles. The van der Waals surface area contributed by atoms with E-state index in [0.29, 0.717) is 5.92 Å². The Bertz CT molecular complexity index is 613. The molecule has 0 bridgehead atoms. The molecule has 1 aliphatic carbocycles. The Morgan fingerprint density at radius 3 is 2.57 bits per heavy atom. The number of hydrogen-bond acceptors (Lipinski definition) is 2. The number of aryl methyl sites for hydroxylation is 2. The van der Waals surface area contributed by atoms with Crippen LogP contribution in [0.2, 0.25) is 0 Å². The average Bonchev–Trinajstić information content (AvgIpc) is 2.97. The van der Waals surface area contributed by atoms with Gasteiger partial charge in [0.15, 0.2) is 0 Å². The van der Waals surface area contributed by atoms with E-state index in [0.717, 1.165) is 29.7 Å². The van der Waals surface area contributed by atoms with Crippen molar-refractivity contribution in [1.29, 1.82) is 0 Å². The molecule has 0 saturated carbocycles. The fourth-order valence-electron chi connectivity index (χ4n) is 2.94. The van der Waals surface area contributed by atoms with Crippen molar-refractivity contribution in [2.75, 3.05) is 0 Å². The summed E-state index contributed by atoms with van der Waals surface area (Å²) in [5.74, 6) is 0.744. The van der Waals surface area contributed by atoms with E-state index in [9.17, 15) is 4.79 Å². The van der Waals surface area contributed by atoms with Gasteiger partial charge in [-0.05, 0) is 55.2 Å². The molecule has 0 aliphatic heterocycles. The van der Waals surface area contributed by atoms with Crippen LogP contribution in [0.5, 0.6) is 0 Å². The zero-order chi connectivity index (χ0) is 14.8. The minimum atomic E-state index is 0.185. The van der Waals surface area contributed by atoms with Crippen LogP contribution in [0, 0.1) is 0 Å². The first-order chi connectivity index (χ1) is 10.2. The zero-order valence-corrected chi connectivity index (χ0v) is 13.6. The Morgan fingerprint density at radius 2 is 1.90 bits per heavy atom. The molecule has 1 aliphatic rings. The van der Waals surface area contributed by atoms with Crippen LogP contribution in [-0.2, 0) is 12.8 Å². The number of carbonyl (C=O) groups excluding carboxylic acids is 1. The van der Waals surface area contributed by atoms with E-state index < -0.39 is 0 Å². The highest BCUT2D eigenvalue weighted by atomic mass is 32.1. The van der Waals surface area contributed by atoms with E-state index in [2.05, 4.69) is 32.0 Å². The van der Waals surface area contributed by atoms with Gasteiger partial charge in [0, 0.05) is 10.4 Å². The first kappa shape index (κ1) is 14.5. The molecule has 0 radical (unpaired) electrons. The Labute approximate surface area is 131 Å². The number of benzene rings is 1. The van der Waals surface area contributed by atoms with Crippen LogP contribution >= 0.6 is 11.3 Å². The molecule has 0 amide bonds. The van der Waals surface area contributed by atoms with Crippen LogP contribution in [0.1, 0.15) is 70.3 Å². The summed E-state index contributed by atoms with van der Waals surface area (Å²) in [4.78, 5) is 15.0. The molecule has 1 nitrogen and oxygen atoms in total. The maximum atomic E-state index is 12.6. The summed E-state index contributed by atoms with van der Waals surface area (Å²) < 4.78 is 0. The topological polar surface area (TPSA) is 17.1 Å². The van der Waals surface area contributed by atoms with Crippen LogP contribution in [0.3, 0.4) is 0 Å². The second kappa shape index (κ2) is 6.15. The largest absolute Gasteiger partial charge is 0.288 e. The van der Waals surface area contributed by atoms with Gasteiger partial charge in [-0.3, -0.25) is 4.79 Å². The van der Waals surface area contributed by atoms with Gasteiger partial charge in [-0.25, -0.2) is 0 Å². The van der Waals surface area contributed by atoms with Crippen LogP contribution < -0.4 is 0 Å². The van der Waals surface area contributed by atoms with Crippen molar-refractivity contribution in [2.45, 2.75) is 51.9 Å². The summed E-state index contributed by atoms with van der Waals surface area (Å²) in [7, 11) is 0. The summed E-state index contributed by atoms with van der Waals surface area (Å²) in [6, 6.07) is 10.3. The van der Waals surface area contributed by atoms with E-state index in [4.69, 9.17) is 0 Å². The highest BCUT2D eigenvalue weighted by molar-refractivity contribution is 7.14. The van der Waals surface area contributed by atoms with E-state index >= 15 is 0 Å². The maximum Gasteiger partial charge on any atom is 0.202 e. The number of carbonyl (C=O) groups is 1. The van der Waals surface area contributed by atoms with Crippen molar-refractivity contribution in [2.24, 2.45) is 0 Å². The summed E-state index contributed by atoms with van der Waals surface area (Å²) in [6.45, 7) is 4.42. The molecule has 0 spiro atoms. The third kappa shape index (κ3) is 2.96. The molecule has 2 aromatic rings. The molecule has 1 unspecified atom stereocenters. The van der Waals surface area contributed by atoms with Gasteiger partial charge in [-0.2, -0.15) is 0 Å². The SMILES string of the molecule is CCC(C)c1ccc(C(=O)c2cc3c(s2)CCCC3)cc1. The predicted molar refractivity (Wildman–Crippen MR) is 89.5 cm³/mol. The van der Waals surface area contributed by atoms with E-state index in [1.54, 1.807) is 11.3 Å². The third-order valence-corrected chi connectivity index (χ3v) is 5.81. The zero-order valence-electron chi connectivity index (χ0n) is 12.8. The average molecular weight is 298 g/mol. The summed E-state index contributed by atoms with van der Waals surface area (Å²) in [5.41, 5.74) is 3.55. The van der Waals surface area contributed by atoms with E-state index in [-0.39, 0.29) is 5.78 Å². The first-order valence-electron chi connectivity index (χ1n) is 7.95. The van der Waals surface area contributed by atoms with Gasteiger partial charge in [-0.1, -0.05) is 38.1 Å². The molecule has 1 heterocycles. The second-order valence-corrected chi connectivity index (χ2v) is 7.16. The fourth-order valence-corrected chi connectivity index (χ4v) is 4.16. The molecule has 0 fully saturated rings. The van der Waals surface area contributed by atoms with Gasteiger partial charge in [-0.15, -0.1) is 11.3 Å². The molecule has 110 valence electrons. The Balaban J connectivity index is 1.83. The van der Waals surface area contributed by atoms with Crippen molar-refractivity contribution in [3.63, 3.8) is 0 Å². The van der Waals surface area contributed by atoms with Gasteiger partial charge < -0.3 is 0 Å². The van der Waals surface area contributed by atoms with Gasteiger partial charge in [0.05, 0.1) is 4.88 Å². The standard InChI is InChI=1S/C19H22OS/c1-3-13(2)14-8-10-15(11-9-14)19(20)18-12-16-6-4-5-7-17(16)21-18/h8-13H,3-7H2,1-2H3. The van der Waals surface area contributed by atoms with E-state index in [1.165, 1.54) is 28.8 Å². The van der Waals surface area contributed by atoms with Crippen molar-refractivity contribution >= 4 is 17.1 Å². The smallest absolute Gasteiger partial charge is 0.202 e. The lowest BCUT2D eigenvalue weighted by Crippen LogP contribution is -2.00. The second-order valence-electron chi connectivity index (χ2n) is 6.03. The molecule has 0 N–H and O–H groups in total. The lowest BCUT2D eigenvalue weighted by Gasteiger charge is -2.09. The number of thiophene rings is 1. The lowest BCUT2D eigenvalue weighted by molar-refractivity contribution is 0.104. The summed E-state index contributed by atoms with van der Waals surface area (Å²) >= 11 is 1.70. The monoisotopic (exact) mass is 298 g/mol. The van der Waals surface area contributed by atoms with Crippen LogP contribution in [0.25, 0.3) is 0 Å². The highest BCUT2D eigenvalue weighted by Crippen LogP contribution is 2.31. The lowest BCUT2D eigenvalue weighted by atomic mass is 9.96. The van der Waals surface area contributed by atoms with Crippen LogP contribution in [0.15, 0.2) is 30.3 Å². The minimum Gasteiger partial charge on any atom is -0.288 e. The third-order valence-electron chi connectivity index (χ3n) is 4.57. The molecule has 2 heteroatoms. The molecule has 1 aromatic heterocycles. The number of hydrogen-bond donors (Lipinski definition) is 0. The van der Waals surface area contributed by atoms with Crippen molar-refractivity contribution in [3.8, 4) is 0 Å². The van der Waals surface area contributed by atoms with Crippen LogP contribution in [-0.4, -0.2) is 5.78 Å². The van der Waals surface area contributed by atoms with Gasteiger partial charge in [0.1, 0.15) is 0 Å². The normalized spacial score (nSPS) is 15.5. The molecule has 3 rings (SSSR count). The van der Waals surface area contributed by atoms with Crippen LogP contribution in [0.4, 0.5) is 0 Å². The van der Waals surface area contributed by atoms with Gasteiger partial charge >= 0.3 is 0 Å². The van der Waals surface area contributed by atoms with Gasteiger partial charge in [0.2, 0.25) is 5.78 Å². The summed E-state index contributed by atoms with van der Waals surface area (Å²) in [6.07, 6.45) is 5.96. The molecular weight excluding hydrogens is 276 g/mol. The van der Waals surface area contributed by atoms with Crippen molar-refractivity contribution < 1.29 is 4.79 Å². The summed E-state index contributed by atoms with van der Waals surface area (Å²) in [5, 5.41) is 0. The molecule has 1 atom stereocenters. The van der Waals surface area contributed by atoms with Gasteiger partial charge in [0.25, 0.3) is 0 Å². The number of fused-ring (bicyclic) bond motifs is 1. The Kier molecular flexibility index (Phi) is 4.25. The molecule has 0 saturated heterocycles.